The summed E-state index contributed by atoms with van der Waals surface area (Å²) in [6.07, 6.45) is 2.52. The maximum Gasteiger partial charge on any atom is 0.274 e. The van der Waals surface area contributed by atoms with Gasteiger partial charge in [-0.15, -0.1) is 0 Å². The Morgan fingerprint density at radius 1 is 1.07 bits per heavy atom. The predicted octanol–water partition coefficient (Wildman–Crippen LogP) is 4.60. The van der Waals surface area contributed by atoms with Crippen LogP contribution in [0.25, 0.3) is 0 Å². The van der Waals surface area contributed by atoms with E-state index in [1.165, 1.54) is 11.1 Å². The average molecular weight is 399 g/mol. The van der Waals surface area contributed by atoms with Gasteiger partial charge < -0.3 is 10.2 Å². The second-order valence-electron chi connectivity index (χ2n) is 6.26. The van der Waals surface area contributed by atoms with Crippen LogP contribution < -0.4 is 10.2 Å². The third-order valence-electron chi connectivity index (χ3n) is 4.47. The summed E-state index contributed by atoms with van der Waals surface area (Å²) in [6.45, 7) is 1.53. The molecule has 0 unspecified atom stereocenters. The number of hydrogen-bond donors (Lipinski definition) is 1. The van der Waals surface area contributed by atoms with Crippen molar-refractivity contribution in [3.05, 3.63) is 81.6 Å². The van der Waals surface area contributed by atoms with E-state index in [9.17, 15) is 4.79 Å². The SMILES string of the molecule is O=C(Nc1cc(Cl)ccc1Cl)c1ccnc(N2CCc3ccccc3C2)n1. The van der Waals surface area contributed by atoms with E-state index in [0.717, 1.165) is 19.5 Å². The third kappa shape index (κ3) is 3.89. The Morgan fingerprint density at radius 2 is 1.89 bits per heavy atom. The van der Waals surface area contributed by atoms with Crippen LogP contribution >= 0.6 is 23.2 Å². The van der Waals surface area contributed by atoms with Crippen molar-refractivity contribution >= 4 is 40.7 Å². The van der Waals surface area contributed by atoms with Crippen LogP contribution in [-0.4, -0.2) is 22.4 Å². The molecular weight excluding hydrogens is 383 g/mol. The first kappa shape index (κ1) is 17.8. The van der Waals surface area contributed by atoms with Gasteiger partial charge in [-0.1, -0.05) is 47.5 Å². The number of benzene rings is 2. The molecule has 3 aromatic rings. The first-order valence-electron chi connectivity index (χ1n) is 8.51. The van der Waals surface area contributed by atoms with Crippen LogP contribution in [0.3, 0.4) is 0 Å². The van der Waals surface area contributed by atoms with Crippen LogP contribution in [0.4, 0.5) is 11.6 Å². The largest absolute Gasteiger partial charge is 0.336 e. The van der Waals surface area contributed by atoms with Gasteiger partial charge in [-0.2, -0.15) is 0 Å². The van der Waals surface area contributed by atoms with Crippen molar-refractivity contribution in [2.45, 2.75) is 13.0 Å². The minimum Gasteiger partial charge on any atom is -0.336 e. The molecule has 0 atom stereocenters. The van der Waals surface area contributed by atoms with Crippen molar-refractivity contribution in [3.63, 3.8) is 0 Å². The van der Waals surface area contributed by atoms with E-state index in [4.69, 9.17) is 23.2 Å². The van der Waals surface area contributed by atoms with Crippen LogP contribution in [-0.2, 0) is 13.0 Å². The van der Waals surface area contributed by atoms with E-state index in [0.29, 0.717) is 21.7 Å². The number of nitrogens with zero attached hydrogens (tertiary/aromatic N) is 3. The van der Waals surface area contributed by atoms with Crippen molar-refractivity contribution < 1.29 is 4.79 Å². The molecule has 0 bridgehead atoms. The Kier molecular flexibility index (Phi) is 4.97. The Balaban J connectivity index is 1.54. The lowest BCUT2D eigenvalue weighted by Crippen LogP contribution is -2.32. The topological polar surface area (TPSA) is 58.1 Å². The van der Waals surface area contributed by atoms with Gasteiger partial charge in [0.1, 0.15) is 5.69 Å². The second kappa shape index (κ2) is 7.55. The van der Waals surface area contributed by atoms with Gasteiger partial charge in [-0.05, 0) is 41.8 Å². The first-order chi connectivity index (χ1) is 13.1. The van der Waals surface area contributed by atoms with Gasteiger partial charge in [0.15, 0.2) is 0 Å². The summed E-state index contributed by atoms with van der Waals surface area (Å²) in [4.78, 5) is 23.5. The lowest BCUT2D eigenvalue weighted by atomic mass is 10.0. The van der Waals surface area contributed by atoms with Crippen molar-refractivity contribution in [2.75, 3.05) is 16.8 Å². The molecule has 0 spiro atoms. The molecule has 1 N–H and O–H groups in total. The number of rotatable bonds is 3. The summed E-state index contributed by atoms with van der Waals surface area (Å²) in [5.41, 5.74) is 3.32. The number of fused-ring (bicyclic) bond motifs is 1. The molecule has 1 amide bonds. The average Bonchev–Trinajstić information content (AvgIpc) is 2.70. The number of aromatic nitrogens is 2. The molecule has 5 nitrogen and oxygen atoms in total. The maximum atomic E-state index is 12.6. The van der Waals surface area contributed by atoms with Crippen molar-refractivity contribution in [1.29, 1.82) is 0 Å². The van der Waals surface area contributed by atoms with Crippen LogP contribution in [0.5, 0.6) is 0 Å². The molecule has 2 heterocycles. The van der Waals surface area contributed by atoms with Gasteiger partial charge in [-0.25, -0.2) is 9.97 Å². The van der Waals surface area contributed by atoms with Gasteiger partial charge in [0, 0.05) is 24.3 Å². The zero-order valence-corrected chi connectivity index (χ0v) is 15.8. The van der Waals surface area contributed by atoms with Crippen LogP contribution in [0.2, 0.25) is 10.0 Å². The summed E-state index contributed by atoms with van der Waals surface area (Å²) in [5, 5.41) is 3.65. The highest BCUT2D eigenvalue weighted by molar-refractivity contribution is 6.35. The summed E-state index contributed by atoms with van der Waals surface area (Å²) in [5.74, 6) is 0.176. The van der Waals surface area contributed by atoms with E-state index in [1.54, 1.807) is 30.5 Å². The molecule has 4 rings (SSSR count). The zero-order chi connectivity index (χ0) is 18.8. The van der Waals surface area contributed by atoms with Crippen molar-refractivity contribution in [1.82, 2.24) is 9.97 Å². The third-order valence-corrected chi connectivity index (χ3v) is 5.03. The molecule has 27 heavy (non-hydrogen) atoms. The fourth-order valence-electron chi connectivity index (χ4n) is 3.07. The molecule has 1 aliphatic heterocycles. The minimum absolute atomic E-state index is 0.273. The lowest BCUT2D eigenvalue weighted by Gasteiger charge is -2.28. The van der Waals surface area contributed by atoms with Gasteiger partial charge >= 0.3 is 0 Å². The second-order valence-corrected chi connectivity index (χ2v) is 7.10. The summed E-state index contributed by atoms with van der Waals surface area (Å²) < 4.78 is 0. The summed E-state index contributed by atoms with van der Waals surface area (Å²) in [6, 6.07) is 14.8. The maximum absolute atomic E-state index is 12.6. The highest BCUT2D eigenvalue weighted by Crippen LogP contribution is 2.26. The molecule has 0 saturated heterocycles. The predicted molar refractivity (Wildman–Crippen MR) is 108 cm³/mol. The first-order valence-corrected chi connectivity index (χ1v) is 9.27. The quantitative estimate of drug-likeness (QED) is 0.700. The number of hydrogen-bond acceptors (Lipinski definition) is 4. The molecule has 1 aromatic heterocycles. The van der Waals surface area contributed by atoms with Crippen molar-refractivity contribution in [3.8, 4) is 0 Å². The van der Waals surface area contributed by atoms with E-state index in [-0.39, 0.29) is 11.6 Å². The van der Waals surface area contributed by atoms with Gasteiger partial charge in [0.2, 0.25) is 5.95 Å². The molecule has 136 valence electrons. The molecular formula is C20H16Cl2N4O. The zero-order valence-electron chi connectivity index (χ0n) is 14.3. The smallest absolute Gasteiger partial charge is 0.274 e. The van der Waals surface area contributed by atoms with E-state index in [2.05, 4.69) is 38.4 Å². The molecule has 0 saturated carbocycles. The molecule has 1 aliphatic rings. The molecule has 2 aromatic carbocycles. The normalized spacial score (nSPS) is 13.2. The van der Waals surface area contributed by atoms with Crippen LogP contribution in [0.1, 0.15) is 21.6 Å². The van der Waals surface area contributed by atoms with Crippen molar-refractivity contribution in [2.24, 2.45) is 0 Å². The highest BCUT2D eigenvalue weighted by Gasteiger charge is 2.19. The molecule has 0 fully saturated rings. The number of amides is 1. The fraction of sp³-hybridized carbons (Fsp3) is 0.150. The highest BCUT2D eigenvalue weighted by atomic mass is 35.5. The number of anilines is 2. The lowest BCUT2D eigenvalue weighted by molar-refractivity contribution is 0.102. The molecule has 0 radical (unpaired) electrons. The van der Waals surface area contributed by atoms with Crippen LogP contribution in [0, 0.1) is 0 Å². The van der Waals surface area contributed by atoms with E-state index < -0.39 is 0 Å². The van der Waals surface area contributed by atoms with E-state index >= 15 is 0 Å². The summed E-state index contributed by atoms with van der Waals surface area (Å²) in [7, 11) is 0. The number of carbonyl (C=O) groups excluding carboxylic acids is 1. The van der Waals surface area contributed by atoms with E-state index in [1.807, 2.05) is 6.07 Å². The minimum atomic E-state index is -0.361. The number of halogens is 2. The Hall–Kier alpha value is -2.63. The Morgan fingerprint density at radius 3 is 2.74 bits per heavy atom. The standard InChI is InChI=1S/C20H16Cl2N4O/c21-15-5-6-16(22)18(11-15)24-19(27)17-7-9-23-20(25-17)26-10-8-13-3-1-2-4-14(13)12-26/h1-7,9,11H,8,10,12H2,(H,24,27). The monoisotopic (exact) mass is 398 g/mol. The Bertz CT molecular complexity index is 1010. The fourth-order valence-corrected chi connectivity index (χ4v) is 3.41. The van der Waals surface area contributed by atoms with Gasteiger partial charge in [0.05, 0.1) is 10.7 Å². The number of carbonyl (C=O) groups is 1. The molecule has 0 aliphatic carbocycles. The van der Waals surface area contributed by atoms with Gasteiger partial charge in [-0.3, -0.25) is 4.79 Å². The Labute approximate surface area is 167 Å². The number of nitrogens with one attached hydrogen (secondary N) is 1. The summed E-state index contributed by atoms with van der Waals surface area (Å²) >= 11 is 12.1. The van der Waals surface area contributed by atoms with Gasteiger partial charge in [0.25, 0.3) is 5.91 Å². The van der Waals surface area contributed by atoms with Crippen LogP contribution in [0.15, 0.2) is 54.7 Å². The molecule has 7 heteroatoms.